The van der Waals surface area contributed by atoms with Crippen molar-refractivity contribution in [2.24, 2.45) is 0 Å². The number of esters is 1. The fourth-order valence-corrected chi connectivity index (χ4v) is 3.26. The Hall–Kier alpha value is -3.11. The molecule has 9 nitrogen and oxygen atoms in total. The molecule has 10 heteroatoms. The average molecular weight is 406 g/mol. The monoisotopic (exact) mass is 406 g/mol. The van der Waals surface area contributed by atoms with Gasteiger partial charge in [0.1, 0.15) is 0 Å². The minimum atomic E-state index is -3.55. The number of fused-ring (bicyclic) bond motifs is 1. The smallest absolute Gasteiger partial charge is 0.338 e. The predicted octanol–water partition coefficient (Wildman–Crippen LogP) is 1.46. The Morgan fingerprint density at radius 2 is 1.75 bits per heavy atom. The van der Waals surface area contributed by atoms with Gasteiger partial charge in [-0.1, -0.05) is 0 Å². The Morgan fingerprint density at radius 1 is 1.07 bits per heavy atom. The highest BCUT2D eigenvalue weighted by Gasteiger charge is 2.19. The SMILES string of the molecule is CN(C)S(=O)(=O)c1ccc(NC(=O)COC(=O)c2ccc3c(c2)OCO3)cc1. The van der Waals surface area contributed by atoms with Crippen LogP contribution in [0.2, 0.25) is 0 Å². The second kappa shape index (κ2) is 7.87. The fraction of sp³-hybridized carbons (Fsp3) is 0.222. The Morgan fingerprint density at radius 3 is 2.43 bits per heavy atom. The summed E-state index contributed by atoms with van der Waals surface area (Å²) in [6.45, 7) is -0.407. The van der Waals surface area contributed by atoms with E-state index in [2.05, 4.69) is 5.32 Å². The number of ether oxygens (including phenoxy) is 3. The van der Waals surface area contributed by atoms with E-state index in [0.29, 0.717) is 17.2 Å². The van der Waals surface area contributed by atoms with Crippen molar-refractivity contribution in [2.75, 3.05) is 32.8 Å². The second-order valence-electron chi connectivity index (χ2n) is 6.00. The van der Waals surface area contributed by atoms with Crippen LogP contribution in [0.4, 0.5) is 5.69 Å². The van der Waals surface area contributed by atoms with Crippen LogP contribution in [0.1, 0.15) is 10.4 Å². The predicted molar refractivity (Wildman–Crippen MR) is 98.8 cm³/mol. The molecule has 0 unspecified atom stereocenters. The second-order valence-corrected chi connectivity index (χ2v) is 8.16. The molecule has 0 saturated carbocycles. The summed E-state index contributed by atoms with van der Waals surface area (Å²) in [6.07, 6.45) is 0. The molecule has 0 spiro atoms. The Kier molecular flexibility index (Phi) is 5.52. The summed E-state index contributed by atoms with van der Waals surface area (Å²) >= 11 is 0. The van der Waals surface area contributed by atoms with Gasteiger partial charge in [0.05, 0.1) is 10.5 Å². The van der Waals surface area contributed by atoms with Gasteiger partial charge in [0.2, 0.25) is 16.8 Å². The first-order chi connectivity index (χ1) is 13.3. The minimum absolute atomic E-state index is 0.0882. The molecule has 28 heavy (non-hydrogen) atoms. The molecule has 0 fully saturated rings. The number of hydrogen-bond donors (Lipinski definition) is 1. The zero-order valence-electron chi connectivity index (χ0n) is 15.2. The molecular weight excluding hydrogens is 388 g/mol. The van der Waals surface area contributed by atoms with E-state index in [1.54, 1.807) is 6.07 Å². The molecule has 1 aliphatic rings. The molecule has 1 N–H and O–H groups in total. The lowest BCUT2D eigenvalue weighted by Gasteiger charge is -2.12. The van der Waals surface area contributed by atoms with Gasteiger partial charge in [0.15, 0.2) is 18.1 Å². The molecule has 3 rings (SSSR count). The van der Waals surface area contributed by atoms with Crippen molar-refractivity contribution < 1.29 is 32.2 Å². The van der Waals surface area contributed by atoms with E-state index in [0.717, 1.165) is 4.31 Å². The fourth-order valence-electron chi connectivity index (χ4n) is 2.36. The van der Waals surface area contributed by atoms with Crippen LogP contribution in [0, 0.1) is 0 Å². The molecule has 2 aromatic carbocycles. The number of anilines is 1. The summed E-state index contributed by atoms with van der Waals surface area (Å²) in [6, 6.07) is 10.2. The van der Waals surface area contributed by atoms with Gasteiger partial charge in [-0.2, -0.15) is 0 Å². The normalized spacial score (nSPS) is 12.7. The van der Waals surface area contributed by atoms with E-state index >= 15 is 0 Å². The number of carbonyl (C=O) groups excluding carboxylic acids is 2. The van der Waals surface area contributed by atoms with Crippen molar-refractivity contribution >= 4 is 27.6 Å². The number of amides is 1. The van der Waals surface area contributed by atoms with Gasteiger partial charge in [-0.15, -0.1) is 0 Å². The van der Waals surface area contributed by atoms with E-state index < -0.39 is 28.5 Å². The van der Waals surface area contributed by atoms with Gasteiger partial charge >= 0.3 is 5.97 Å². The molecule has 1 aliphatic heterocycles. The first-order valence-electron chi connectivity index (χ1n) is 8.16. The van der Waals surface area contributed by atoms with Gasteiger partial charge in [-0.25, -0.2) is 17.5 Å². The molecule has 148 valence electrons. The molecule has 0 radical (unpaired) electrons. The zero-order chi connectivity index (χ0) is 20.3. The van der Waals surface area contributed by atoms with Crippen LogP contribution in [0.3, 0.4) is 0 Å². The highest BCUT2D eigenvalue weighted by atomic mass is 32.2. The van der Waals surface area contributed by atoms with Crippen molar-refractivity contribution in [3.8, 4) is 11.5 Å². The van der Waals surface area contributed by atoms with Crippen LogP contribution in [-0.4, -0.2) is 52.1 Å². The van der Waals surface area contributed by atoms with Crippen molar-refractivity contribution in [1.29, 1.82) is 0 Å². The summed E-state index contributed by atoms with van der Waals surface area (Å²) in [4.78, 5) is 24.1. The molecule has 0 aliphatic carbocycles. The van der Waals surface area contributed by atoms with Crippen molar-refractivity contribution in [3.05, 3.63) is 48.0 Å². The average Bonchev–Trinajstić information content (AvgIpc) is 3.14. The van der Waals surface area contributed by atoms with Gasteiger partial charge < -0.3 is 19.5 Å². The summed E-state index contributed by atoms with van der Waals surface area (Å²) < 4.78 is 40.4. The molecule has 1 heterocycles. The minimum Gasteiger partial charge on any atom is -0.454 e. The maximum atomic E-state index is 12.1. The molecule has 0 bridgehead atoms. The number of rotatable bonds is 6. The van der Waals surface area contributed by atoms with Crippen LogP contribution >= 0.6 is 0 Å². The third kappa shape index (κ3) is 4.24. The Labute approximate surface area is 161 Å². The first kappa shape index (κ1) is 19.6. The van der Waals surface area contributed by atoms with Gasteiger partial charge in [-0.05, 0) is 42.5 Å². The number of hydrogen-bond acceptors (Lipinski definition) is 7. The lowest BCUT2D eigenvalue weighted by atomic mass is 10.2. The van der Waals surface area contributed by atoms with Crippen LogP contribution < -0.4 is 14.8 Å². The van der Waals surface area contributed by atoms with E-state index in [1.807, 2.05) is 0 Å². The molecular formula is C18H18N2O7S. The van der Waals surface area contributed by atoms with Crippen molar-refractivity contribution in [2.45, 2.75) is 4.90 Å². The van der Waals surface area contributed by atoms with Crippen LogP contribution in [-0.2, 0) is 19.6 Å². The lowest BCUT2D eigenvalue weighted by molar-refractivity contribution is -0.119. The van der Waals surface area contributed by atoms with E-state index in [1.165, 1.54) is 50.5 Å². The Bertz CT molecular complexity index is 1000. The van der Waals surface area contributed by atoms with Crippen LogP contribution in [0.15, 0.2) is 47.4 Å². The molecule has 1 amide bonds. The highest BCUT2D eigenvalue weighted by Crippen LogP contribution is 2.32. The largest absolute Gasteiger partial charge is 0.454 e. The maximum Gasteiger partial charge on any atom is 0.338 e. The quantitative estimate of drug-likeness (QED) is 0.723. The first-order valence-corrected chi connectivity index (χ1v) is 9.60. The zero-order valence-corrected chi connectivity index (χ0v) is 16.0. The summed E-state index contributed by atoms with van der Waals surface area (Å²) in [5, 5.41) is 2.53. The maximum absolute atomic E-state index is 12.1. The third-order valence-corrected chi connectivity index (χ3v) is 5.69. The van der Waals surface area contributed by atoms with Gasteiger partial charge in [0.25, 0.3) is 5.91 Å². The number of nitrogens with zero attached hydrogens (tertiary/aromatic N) is 1. The van der Waals surface area contributed by atoms with Crippen molar-refractivity contribution in [3.63, 3.8) is 0 Å². The lowest BCUT2D eigenvalue weighted by Crippen LogP contribution is -2.22. The molecule has 2 aromatic rings. The number of nitrogens with one attached hydrogen (secondary N) is 1. The molecule has 0 atom stereocenters. The number of carbonyl (C=O) groups is 2. The third-order valence-electron chi connectivity index (χ3n) is 3.86. The standard InChI is InChI=1S/C18H18N2O7S/c1-20(2)28(23,24)14-6-4-13(5-7-14)19-17(21)10-25-18(22)12-3-8-15-16(9-12)27-11-26-15/h3-9H,10-11H2,1-2H3,(H,19,21). The highest BCUT2D eigenvalue weighted by molar-refractivity contribution is 7.89. The van der Waals surface area contributed by atoms with Crippen LogP contribution in [0.5, 0.6) is 11.5 Å². The van der Waals surface area contributed by atoms with E-state index in [4.69, 9.17) is 14.2 Å². The summed E-state index contributed by atoms with van der Waals surface area (Å²) in [7, 11) is -0.686. The number of benzene rings is 2. The van der Waals surface area contributed by atoms with E-state index in [9.17, 15) is 18.0 Å². The molecule has 0 saturated heterocycles. The van der Waals surface area contributed by atoms with Gasteiger partial charge in [0, 0.05) is 19.8 Å². The molecule has 0 aromatic heterocycles. The van der Waals surface area contributed by atoms with E-state index in [-0.39, 0.29) is 17.3 Å². The van der Waals surface area contributed by atoms with Gasteiger partial charge in [-0.3, -0.25) is 4.79 Å². The summed E-state index contributed by atoms with van der Waals surface area (Å²) in [5.41, 5.74) is 0.608. The Balaban J connectivity index is 1.55. The van der Waals surface area contributed by atoms with Crippen molar-refractivity contribution in [1.82, 2.24) is 4.31 Å². The van der Waals surface area contributed by atoms with Crippen LogP contribution in [0.25, 0.3) is 0 Å². The summed E-state index contributed by atoms with van der Waals surface area (Å²) in [5.74, 6) is -0.265. The number of sulfonamides is 1. The topological polar surface area (TPSA) is 111 Å².